The van der Waals surface area contributed by atoms with Gasteiger partial charge in [-0.3, -0.25) is 0 Å². The van der Waals surface area contributed by atoms with Gasteiger partial charge in [0.2, 0.25) is 0 Å². The van der Waals surface area contributed by atoms with E-state index in [0.29, 0.717) is 5.41 Å². The Hall–Kier alpha value is 0.411. The molecule has 0 amide bonds. The second kappa shape index (κ2) is 7.67. The summed E-state index contributed by atoms with van der Waals surface area (Å²) >= 11 is 0. The minimum absolute atomic E-state index is 0. The van der Waals surface area contributed by atoms with Gasteiger partial charge in [0, 0.05) is 0 Å². The smallest absolute Gasteiger partial charge is 0.358 e. The van der Waals surface area contributed by atoms with Crippen molar-refractivity contribution in [2.45, 2.75) is 33.4 Å². The first-order valence-corrected chi connectivity index (χ1v) is 7.30. The van der Waals surface area contributed by atoms with E-state index < -0.39 is 8.80 Å². The topological polar surface area (TPSA) is 0 Å². The van der Waals surface area contributed by atoms with Crippen molar-refractivity contribution in [3.05, 3.63) is 38.3 Å². The van der Waals surface area contributed by atoms with Crippen LogP contribution in [-0.4, -0.2) is 8.80 Å². The van der Waals surface area contributed by atoms with Crippen LogP contribution in [0.2, 0.25) is 13.1 Å². The molecule has 0 radical (unpaired) electrons. The van der Waals surface area contributed by atoms with Crippen molar-refractivity contribution >= 4 is 8.80 Å². The van der Waals surface area contributed by atoms with Crippen molar-refractivity contribution in [2.75, 3.05) is 0 Å². The first-order valence-electron chi connectivity index (χ1n) is 4.41. The minimum atomic E-state index is -0.567. The summed E-state index contributed by atoms with van der Waals surface area (Å²) in [6, 6.07) is 0. The Bertz CT molecular complexity index is 202. The Morgan fingerprint density at radius 1 is 1.21 bits per heavy atom. The largest absolute Gasteiger partial charge is 2.00 e. The third-order valence-electron chi connectivity index (χ3n) is 2.44. The third-order valence-corrected chi connectivity index (χ3v) is 4.66. The molecule has 1 aliphatic rings. The summed E-state index contributed by atoms with van der Waals surface area (Å²) in [5.41, 5.74) is 0.454. The molecule has 0 nitrogen and oxygen atoms in total. The van der Waals surface area contributed by atoms with Crippen LogP contribution in [0.1, 0.15) is 20.3 Å². The van der Waals surface area contributed by atoms with Crippen molar-refractivity contribution in [1.29, 1.82) is 0 Å². The fraction of sp³-hybridized carbons (Fsp3) is 0.500. The van der Waals surface area contributed by atoms with E-state index in [2.05, 4.69) is 45.2 Å². The Morgan fingerprint density at radius 2 is 1.71 bits per heavy atom. The zero-order chi connectivity index (χ0) is 8.48. The van der Waals surface area contributed by atoms with Crippen molar-refractivity contribution in [3.63, 3.8) is 0 Å². The molecule has 0 saturated carbocycles. The molecule has 0 spiro atoms. The molecule has 2 heteroatoms. The number of rotatable bonds is 1. The molecule has 14 heavy (non-hydrogen) atoms. The van der Waals surface area contributed by atoms with E-state index in [1.54, 1.807) is 5.20 Å². The van der Waals surface area contributed by atoms with E-state index >= 15 is 0 Å². The molecule has 0 unspecified atom stereocenters. The van der Waals surface area contributed by atoms with Crippen molar-refractivity contribution in [3.8, 4) is 0 Å². The van der Waals surface area contributed by atoms with E-state index in [-0.39, 0.29) is 36.6 Å². The zero-order valence-corrected chi connectivity index (χ0v) is 13.2. The van der Waals surface area contributed by atoms with Crippen LogP contribution in [0.3, 0.4) is 0 Å². The van der Waals surface area contributed by atoms with Gasteiger partial charge >= 0.3 is 21.7 Å². The summed E-state index contributed by atoms with van der Waals surface area (Å²) < 4.78 is 0. The SMILES string of the molecule is C[SiH](C)C1=CC=CCC1(C)C.[CH3-].[CH3-].[Ti+2]. The van der Waals surface area contributed by atoms with E-state index in [1.165, 1.54) is 6.42 Å². The van der Waals surface area contributed by atoms with Crippen LogP contribution < -0.4 is 0 Å². The quantitative estimate of drug-likeness (QED) is 0.486. The molecule has 0 aliphatic heterocycles. The molecule has 0 atom stereocenters. The second-order valence-corrected chi connectivity index (χ2v) is 7.22. The summed E-state index contributed by atoms with van der Waals surface area (Å²) in [4.78, 5) is 0. The fourth-order valence-electron chi connectivity index (χ4n) is 1.85. The van der Waals surface area contributed by atoms with Crippen LogP contribution >= 0.6 is 0 Å². The van der Waals surface area contributed by atoms with E-state index in [1.807, 2.05) is 0 Å². The van der Waals surface area contributed by atoms with E-state index in [0.717, 1.165) is 0 Å². The van der Waals surface area contributed by atoms with Gasteiger partial charge in [-0.2, -0.15) is 0 Å². The summed E-state index contributed by atoms with van der Waals surface area (Å²) in [5, 5.41) is 1.72. The molecule has 0 aromatic carbocycles. The summed E-state index contributed by atoms with van der Waals surface area (Å²) in [7, 11) is -0.567. The number of allylic oxidation sites excluding steroid dienone is 4. The molecule has 0 aromatic heterocycles. The summed E-state index contributed by atoms with van der Waals surface area (Å²) in [5.74, 6) is 0. The monoisotopic (exact) mass is 244 g/mol. The Balaban J connectivity index is -0.000000403. The van der Waals surface area contributed by atoms with Crippen molar-refractivity contribution in [2.24, 2.45) is 5.41 Å². The zero-order valence-electron chi connectivity index (χ0n) is 10.5. The maximum atomic E-state index is 2.41. The maximum Gasteiger partial charge on any atom is 2.00 e. The minimum Gasteiger partial charge on any atom is -0.358 e. The van der Waals surface area contributed by atoms with Crippen LogP contribution in [0.4, 0.5) is 0 Å². The molecule has 80 valence electrons. The van der Waals surface area contributed by atoms with Gasteiger partial charge in [0.05, 0.1) is 8.80 Å². The van der Waals surface area contributed by atoms with Gasteiger partial charge in [0.15, 0.2) is 0 Å². The van der Waals surface area contributed by atoms with Gasteiger partial charge in [0.25, 0.3) is 0 Å². The number of hydrogen-bond donors (Lipinski definition) is 0. The van der Waals surface area contributed by atoms with Gasteiger partial charge < -0.3 is 14.9 Å². The van der Waals surface area contributed by atoms with Gasteiger partial charge in [-0.05, 0) is 11.8 Å². The molecule has 0 saturated heterocycles. The third kappa shape index (κ3) is 4.77. The maximum absolute atomic E-state index is 2.41. The standard InChI is InChI=1S/C10H18Si.2CH3.Ti/c1-10(2)8-6-5-7-9(10)11(3)4;;;/h5-7,11H,8H2,1-4H3;2*1H3;/q;2*-1;+2. The van der Waals surface area contributed by atoms with Gasteiger partial charge in [-0.25, -0.2) is 0 Å². The predicted molar refractivity (Wildman–Crippen MR) is 67.3 cm³/mol. The molecular weight excluding hydrogens is 220 g/mol. The first kappa shape index (κ1) is 19.9. The molecule has 0 N–H and O–H groups in total. The van der Waals surface area contributed by atoms with Crippen LogP contribution in [0.25, 0.3) is 0 Å². The van der Waals surface area contributed by atoms with Crippen molar-refractivity contribution in [1.82, 2.24) is 0 Å². The molecule has 0 fully saturated rings. The Morgan fingerprint density at radius 3 is 2.00 bits per heavy atom. The molecule has 0 aromatic rings. The molecule has 0 bridgehead atoms. The molecule has 1 aliphatic carbocycles. The summed E-state index contributed by atoms with van der Waals surface area (Å²) in [6.07, 6.45) is 8.05. The van der Waals surface area contributed by atoms with Gasteiger partial charge in [-0.1, -0.05) is 50.4 Å². The van der Waals surface area contributed by atoms with Crippen LogP contribution in [-0.2, 0) is 21.7 Å². The molecule has 1 rings (SSSR count). The molecule has 0 heterocycles. The average Bonchev–Trinajstić information content (AvgIpc) is 1.85. The van der Waals surface area contributed by atoms with E-state index in [9.17, 15) is 0 Å². The Labute approximate surface area is 107 Å². The van der Waals surface area contributed by atoms with Crippen LogP contribution in [0.15, 0.2) is 23.4 Å². The summed E-state index contributed by atoms with van der Waals surface area (Å²) in [6.45, 7) is 9.53. The van der Waals surface area contributed by atoms with E-state index in [4.69, 9.17) is 0 Å². The van der Waals surface area contributed by atoms with Gasteiger partial charge in [-0.15, -0.1) is 0 Å². The average molecular weight is 244 g/mol. The normalized spacial score (nSPS) is 17.4. The fourth-order valence-corrected chi connectivity index (χ4v) is 4.03. The second-order valence-electron chi connectivity index (χ2n) is 4.29. The van der Waals surface area contributed by atoms with Gasteiger partial charge in [0.1, 0.15) is 0 Å². The first-order chi connectivity index (χ1) is 5.04. The predicted octanol–water partition coefficient (Wildman–Crippen LogP) is 3.82. The number of hydrogen-bond acceptors (Lipinski definition) is 0. The van der Waals surface area contributed by atoms with Crippen LogP contribution in [0.5, 0.6) is 0 Å². The Kier molecular flexibility index (Phi) is 10.9. The molecular formula is C12H24SiTi. The van der Waals surface area contributed by atoms with Crippen molar-refractivity contribution < 1.29 is 21.7 Å². The van der Waals surface area contributed by atoms with Crippen LogP contribution in [0, 0.1) is 20.3 Å².